The van der Waals surface area contributed by atoms with Crippen LogP contribution in [0.15, 0.2) is 36.4 Å². The first-order valence-corrected chi connectivity index (χ1v) is 9.38. The Morgan fingerprint density at radius 1 is 0.840 bits per heavy atom. The van der Waals surface area contributed by atoms with Gasteiger partial charge in [-0.2, -0.15) is 0 Å². The van der Waals surface area contributed by atoms with E-state index in [0.29, 0.717) is 17.8 Å². The maximum absolute atomic E-state index is 13.4. The molecule has 0 spiro atoms. The molecule has 0 fully saturated rings. The van der Waals surface area contributed by atoms with Crippen LogP contribution in [0.4, 0.5) is 0 Å². The molecule has 0 aliphatic heterocycles. The summed E-state index contributed by atoms with van der Waals surface area (Å²) >= 11 is 0. The van der Waals surface area contributed by atoms with Crippen LogP contribution < -0.4 is 5.30 Å². The summed E-state index contributed by atoms with van der Waals surface area (Å²) in [6.07, 6.45) is 0. The van der Waals surface area contributed by atoms with Crippen LogP contribution in [0.5, 0.6) is 0 Å². The van der Waals surface area contributed by atoms with Gasteiger partial charge in [0, 0.05) is 11.1 Å². The number of carbonyl (C=O) groups excluding carboxylic acids is 1. The van der Waals surface area contributed by atoms with Crippen molar-refractivity contribution >= 4 is 39.2 Å². The van der Waals surface area contributed by atoms with Gasteiger partial charge in [0.25, 0.3) is 0 Å². The van der Waals surface area contributed by atoms with Crippen molar-refractivity contribution in [2.24, 2.45) is 0 Å². The van der Waals surface area contributed by atoms with E-state index in [1.54, 1.807) is 0 Å². The van der Waals surface area contributed by atoms with Gasteiger partial charge in [-0.15, -0.1) is 9.24 Å². The summed E-state index contributed by atoms with van der Waals surface area (Å²) in [5.41, 5.74) is 5.34. The third kappa shape index (κ3) is 4.86. The van der Waals surface area contributed by atoms with E-state index >= 15 is 0 Å². The molecule has 3 heteroatoms. The van der Waals surface area contributed by atoms with E-state index in [4.69, 9.17) is 0 Å². The minimum atomic E-state index is 0. The van der Waals surface area contributed by atoms with Gasteiger partial charge >= 0.3 is 18.9 Å². The van der Waals surface area contributed by atoms with E-state index in [1.165, 1.54) is 16.7 Å². The monoisotopic (exact) mass is 348 g/mol. The van der Waals surface area contributed by atoms with Crippen molar-refractivity contribution < 1.29 is 4.79 Å². The summed E-state index contributed by atoms with van der Waals surface area (Å²) in [5, 5.41) is 0.958. The summed E-state index contributed by atoms with van der Waals surface area (Å²) in [6, 6.07) is 12.3. The summed E-state index contributed by atoms with van der Waals surface area (Å²) in [5.74, 6) is 1.23. The molecule has 0 aromatic heterocycles. The van der Waals surface area contributed by atoms with Crippen LogP contribution in [0, 0.1) is 0 Å². The summed E-state index contributed by atoms with van der Waals surface area (Å²) < 4.78 is 0. The Kier molecular flexibility index (Phi) is 8.15. The van der Waals surface area contributed by atoms with E-state index in [0.717, 1.165) is 16.4 Å². The quantitative estimate of drug-likeness (QED) is 0.415. The zero-order valence-corrected chi connectivity index (χ0v) is 16.8. The molecule has 1 nitrogen and oxygen atoms in total. The Bertz CT molecular complexity index is 718. The Morgan fingerprint density at radius 2 is 1.32 bits per heavy atom. The molecule has 0 amide bonds. The predicted octanol–water partition coefficient (Wildman–Crippen LogP) is 5.14. The summed E-state index contributed by atoms with van der Waals surface area (Å²) in [7, 11) is 2.69. The fraction of sp³-hybridized carbons (Fsp3) is 0.409. The molecule has 0 saturated carbocycles. The molecule has 130 valence electrons. The normalized spacial score (nSPS) is 11.1. The average Bonchev–Trinajstić information content (AvgIpc) is 2.53. The Morgan fingerprint density at radius 3 is 1.72 bits per heavy atom. The molecular formula is C22H30LiOP. The van der Waals surface area contributed by atoms with Crippen molar-refractivity contribution in [1.82, 2.24) is 0 Å². The van der Waals surface area contributed by atoms with Gasteiger partial charge in [0.15, 0.2) is 5.78 Å². The van der Waals surface area contributed by atoms with Gasteiger partial charge in [-0.25, -0.2) is 0 Å². The van der Waals surface area contributed by atoms with Crippen molar-refractivity contribution in [3.05, 3.63) is 64.2 Å². The van der Waals surface area contributed by atoms with Crippen molar-refractivity contribution in [2.45, 2.75) is 59.3 Å². The third-order valence-electron chi connectivity index (χ3n) is 4.56. The SMILES string of the molecule is CC(C)c1cc(C(C)C)c(C(=O)c2ccccc2P)c(C(C)C)c1.[LiH]. The molecule has 2 aromatic rings. The third-order valence-corrected chi connectivity index (χ3v) is 5.07. The maximum atomic E-state index is 13.4. The Labute approximate surface area is 167 Å². The van der Waals surface area contributed by atoms with Gasteiger partial charge in [-0.3, -0.25) is 4.79 Å². The van der Waals surface area contributed by atoms with Crippen LogP contribution in [0.3, 0.4) is 0 Å². The molecule has 0 saturated heterocycles. The van der Waals surface area contributed by atoms with E-state index in [-0.39, 0.29) is 24.6 Å². The Balaban J connectivity index is 0.00000312. The van der Waals surface area contributed by atoms with Crippen LogP contribution in [0.1, 0.15) is 91.9 Å². The van der Waals surface area contributed by atoms with Gasteiger partial charge in [0.2, 0.25) is 0 Å². The summed E-state index contributed by atoms with van der Waals surface area (Å²) in [6.45, 7) is 13.1. The second-order valence-corrected chi connectivity index (χ2v) is 8.08. The van der Waals surface area contributed by atoms with Gasteiger partial charge < -0.3 is 0 Å². The number of rotatable bonds is 5. The molecule has 2 rings (SSSR count). The van der Waals surface area contributed by atoms with Gasteiger partial charge in [0.1, 0.15) is 0 Å². The molecule has 25 heavy (non-hydrogen) atoms. The topological polar surface area (TPSA) is 17.1 Å². The first kappa shape index (κ1) is 22.2. The average molecular weight is 348 g/mol. The molecule has 0 N–H and O–H groups in total. The van der Waals surface area contributed by atoms with E-state index in [9.17, 15) is 4.79 Å². The number of hydrogen-bond acceptors (Lipinski definition) is 1. The fourth-order valence-electron chi connectivity index (χ4n) is 3.06. The number of benzene rings is 2. The molecule has 0 radical (unpaired) electrons. The first-order valence-electron chi connectivity index (χ1n) is 8.80. The van der Waals surface area contributed by atoms with E-state index in [2.05, 4.69) is 62.9 Å². The molecule has 2 aromatic carbocycles. The Hall–Kier alpha value is -0.863. The van der Waals surface area contributed by atoms with Gasteiger partial charge in [-0.1, -0.05) is 77.9 Å². The van der Waals surface area contributed by atoms with Gasteiger partial charge in [0.05, 0.1) is 0 Å². The van der Waals surface area contributed by atoms with E-state index < -0.39 is 0 Å². The van der Waals surface area contributed by atoms with Crippen LogP contribution in [-0.4, -0.2) is 24.6 Å². The van der Waals surface area contributed by atoms with E-state index in [1.807, 2.05) is 24.3 Å². The second kappa shape index (κ2) is 9.18. The number of carbonyl (C=O) groups is 1. The van der Waals surface area contributed by atoms with Crippen LogP contribution in [-0.2, 0) is 0 Å². The molecule has 0 heterocycles. The van der Waals surface area contributed by atoms with Crippen LogP contribution in [0.2, 0.25) is 0 Å². The second-order valence-electron chi connectivity index (χ2n) is 7.45. The van der Waals surface area contributed by atoms with Crippen molar-refractivity contribution in [3.8, 4) is 0 Å². The summed E-state index contributed by atoms with van der Waals surface area (Å²) in [4.78, 5) is 13.4. The minimum absolute atomic E-state index is 0. The zero-order chi connectivity index (χ0) is 18.0. The zero-order valence-electron chi connectivity index (χ0n) is 15.7. The van der Waals surface area contributed by atoms with Crippen molar-refractivity contribution in [1.29, 1.82) is 0 Å². The van der Waals surface area contributed by atoms with Crippen molar-refractivity contribution in [2.75, 3.05) is 0 Å². The molecule has 0 bridgehead atoms. The fourth-order valence-corrected chi connectivity index (χ4v) is 3.39. The predicted molar refractivity (Wildman–Crippen MR) is 115 cm³/mol. The molecule has 0 aliphatic carbocycles. The standard InChI is InChI=1S/C22H29OP.Li.H/c1-13(2)16-11-18(14(3)4)21(19(12-16)15(5)6)22(23)17-9-7-8-10-20(17)24;;/h7-15H,24H2,1-6H3;;. The van der Waals surface area contributed by atoms with Crippen LogP contribution in [0.25, 0.3) is 0 Å². The molecule has 1 unspecified atom stereocenters. The molecule has 1 atom stereocenters. The van der Waals surface area contributed by atoms with Crippen molar-refractivity contribution in [3.63, 3.8) is 0 Å². The molecular weight excluding hydrogens is 318 g/mol. The van der Waals surface area contributed by atoms with Crippen LogP contribution >= 0.6 is 9.24 Å². The number of hydrogen-bond donors (Lipinski definition) is 0. The number of ketones is 1. The molecule has 0 aliphatic rings. The van der Waals surface area contributed by atoms with Gasteiger partial charge in [-0.05, 0) is 39.7 Å². The first-order chi connectivity index (χ1) is 11.2.